The molecule has 7 heteroatoms. The van der Waals surface area contributed by atoms with E-state index in [0.29, 0.717) is 12.2 Å². The van der Waals surface area contributed by atoms with Gasteiger partial charge in [0.25, 0.3) is 11.8 Å². The molecule has 1 N–H and O–H groups in total. The van der Waals surface area contributed by atoms with Crippen LogP contribution in [-0.4, -0.2) is 26.7 Å². The van der Waals surface area contributed by atoms with Gasteiger partial charge in [0.05, 0.1) is 17.2 Å². The lowest BCUT2D eigenvalue weighted by molar-refractivity contribution is 0.0571. The minimum absolute atomic E-state index is 0.121. The van der Waals surface area contributed by atoms with E-state index in [2.05, 4.69) is 9.97 Å². The van der Waals surface area contributed by atoms with E-state index in [4.69, 9.17) is 0 Å². The summed E-state index contributed by atoms with van der Waals surface area (Å²) in [4.78, 5) is 32.6. The van der Waals surface area contributed by atoms with Crippen molar-refractivity contribution in [1.82, 2.24) is 14.9 Å². The van der Waals surface area contributed by atoms with Gasteiger partial charge in [-0.2, -0.15) is 0 Å². The van der Waals surface area contributed by atoms with Gasteiger partial charge in [0.1, 0.15) is 5.82 Å². The highest BCUT2D eigenvalue weighted by molar-refractivity contribution is 6.21. The van der Waals surface area contributed by atoms with Crippen molar-refractivity contribution in [2.24, 2.45) is 0 Å². The molecule has 1 aromatic heterocycles. The molecule has 1 aromatic carbocycles. The number of H-pyrrole nitrogens is 1. The third kappa shape index (κ3) is 1.93. The number of fused-ring (bicyclic) bond motifs is 1. The summed E-state index contributed by atoms with van der Waals surface area (Å²) in [5.74, 6) is -3.13. The normalized spacial score (nSPS) is 15.5. The predicted octanol–water partition coefficient (Wildman–Crippen LogP) is 2.44. The Labute approximate surface area is 118 Å². The maximum atomic E-state index is 13.3. The van der Waals surface area contributed by atoms with Crippen molar-refractivity contribution >= 4 is 11.8 Å². The highest BCUT2D eigenvalue weighted by Gasteiger charge is 2.41. The number of imidazole rings is 1. The molecule has 2 amide bonds. The van der Waals surface area contributed by atoms with Crippen LogP contribution < -0.4 is 0 Å². The largest absolute Gasteiger partial charge is 0.347 e. The van der Waals surface area contributed by atoms with Crippen molar-refractivity contribution in [2.75, 3.05) is 0 Å². The summed E-state index contributed by atoms with van der Waals surface area (Å²) >= 11 is 0. The molecule has 2 heterocycles. The molecule has 1 unspecified atom stereocenters. The molecule has 5 nitrogen and oxygen atoms in total. The zero-order valence-electron chi connectivity index (χ0n) is 11.1. The Morgan fingerprint density at radius 1 is 1.19 bits per heavy atom. The Kier molecular flexibility index (Phi) is 3.04. The lowest BCUT2D eigenvalue weighted by atomic mass is 10.1. The maximum absolute atomic E-state index is 13.3. The molecule has 0 spiro atoms. The second-order valence-electron chi connectivity index (χ2n) is 4.69. The number of hydrogen-bond acceptors (Lipinski definition) is 3. The van der Waals surface area contributed by atoms with Crippen LogP contribution in [0.15, 0.2) is 24.5 Å². The summed E-state index contributed by atoms with van der Waals surface area (Å²) in [6.07, 6.45) is 3.52. The van der Waals surface area contributed by atoms with Crippen molar-refractivity contribution in [3.8, 4) is 0 Å². The molecule has 108 valence electrons. The number of aromatic amines is 1. The van der Waals surface area contributed by atoms with Crippen molar-refractivity contribution < 1.29 is 18.4 Å². The number of benzene rings is 1. The molecule has 0 saturated heterocycles. The zero-order valence-corrected chi connectivity index (χ0v) is 11.1. The summed E-state index contributed by atoms with van der Waals surface area (Å²) in [6.45, 7) is 1.79. The Morgan fingerprint density at radius 3 is 2.19 bits per heavy atom. The van der Waals surface area contributed by atoms with E-state index < -0.39 is 29.5 Å². The van der Waals surface area contributed by atoms with Crippen LogP contribution in [-0.2, 0) is 0 Å². The molecule has 1 atom stereocenters. The van der Waals surface area contributed by atoms with Crippen LogP contribution in [0.3, 0.4) is 0 Å². The molecule has 0 saturated carbocycles. The second kappa shape index (κ2) is 4.76. The molecule has 0 aliphatic carbocycles. The SMILES string of the molecule is CCC(c1ncc[nH]1)N1C(=O)c2cc(F)c(F)cc2C1=O. The van der Waals surface area contributed by atoms with Gasteiger partial charge in [-0.25, -0.2) is 13.8 Å². The molecule has 3 rings (SSSR count). The fourth-order valence-corrected chi connectivity index (χ4v) is 2.49. The topological polar surface area (TPSA) is 66.1 Å². The van der Waals surface area contributed by atoms with E-state index in [9.17, 15) is 18.4 Å². The lowest BCUT2D eigenvalue weighted by Crippen LogP contribution is -2.34. The molecule has 21 heavy (non-hydrogen) atoms. The van der Waals surface area contributed by atoms with Crippen LogP contribution in [0, 0.1) is 11.6 Å². The summed E-state index contributed by atoms with van der Waals surface area (Å²) in [7, 11) is 0. The van der Waals surface area contributed by atoms with Gasteiger partial charge in [-0.1, -0.05) is 6.92 Å². The number of imide groups is 1. The summed E-state index contributed by atoms with van der Waals surface area (Å²) < 4.78 is 26.6. The fourth-order valence-electron chi connectivity index (χ4n) is 2.49. The summed E-state index contributed by atoms with van der Waals surface area (Å²) in [6, 6.07) is 0.929. The first-order valence-corrected chi connectivity index (χ1v) is 6.40. The predicted molar refractivity (Wildman–Crippen MR) is 68.5 cm³/mol. The number of carbonyl (C=O) groups is 2. The van der Waals surface area contributed by atoms with Crippen LogP contribution in [0.5, 0.6) is 0 Å². The molecule has 1 aliphatic heterocycles. The van der Waals surface area contributed by atoms with E-state index in [0.717, 1.165) is 17.0 Å². The molecule has 0 fully saturated rings. The van der Waals surface area contributed by atoms with Gasteiger partial charge in [-0.3, -0.25) is 14.5 Å². The highest BCUT2D eigenvalue weighted by Crippen LogP contribution is 2.32. The number of carbonyl (C=O) groups excluding carboxylic acids is 2. The highest BCUT2D eigenvalue weighted by atomic mass is 19.2. The second-order valence-corrected chi connectivity index (χ2v) is 4.69. The third-order valence-corrected chi connectivity index (χ3v) is 3.49. The smallest absolute Gasteiger partial charge is 0.262 e. The van der Waals surface area contributed by atoms with Crippen LogP contribution in [0.1, 0.15) is 45.9 Å². The van der Waals surface area contributed by atoms with E-state index in [1.165, 1.54) is 6.20 Å². The van der Waals surface area contributed by atoms with Gasteiger partial charge in [-0.15, -0.1) is 0 Å². The van der Waals surface area contributed by atoms with Gasteiger partial charge in [0.2, 0.25) is 0 Å². The third-order valence-electron chi connectivity index (χ3n) is 3.49. The molecular weight excluding hydrogens is 280 g/mol. The summed E-state index contributed by atoms with van der Waals surface area (Å²) in [5.41, 5.74) is -0.243. The molecule has 0 radical (unpaired) electrons. The van der Waals surface area contributed by atoms with Crippen LogP contribution >= 0.6 is 0 Å². The maximum Gasteiger partial charge on any atom is 0.262 e. The Hall–Kier alpha value is -2.57. The number of nitrogens with one attached hydrogen (secondary N) is 1. The number of amides is 2. The number of aromatic nitrogens is 2. The van der Waals surface area contributed by atoms with E-state index in [1.54, 1.807) is 13.1 Å². The Morgan fingerprint density at radius 2 is 1.76 bits per heavy atom. The van der Waals surface area contributed by atoms with Crippen molar-refractivity contribution in [3.63, 3.8) is 0 Å². The van der Waals surface area contributed by atoms with Gasteiger partial charge >= 0.3 is 0 Å². The minimum atomic E-state index is -1.15. The molecular formula is C14H11F2N3O2. The number of halogens is 2. The average Bonchev–Trinajstić information content (AvgIpc) is 3.05. The first kappa shape index (κ1) is 13.4. The van der Waals surface area contributed by atoms with Gasteiger partial charge in [0, 0.05) is 12.4 Å². The monoisotopic (exact) mass is 291 g/mol. The van der Waals surface area contributed by atoms with Crippen LogP contribution in [0.2, 0.25) is 0 Å². The minimum Gasteiger partial charge on any atom is -0.347 e. The zero-order chi connectivity index (χ0) is 15.1. The average molecular weight is 291 g/mol. The standard InChI is InChI=1S/C14H11F2N3O2/c1-2-11(12-17-3-4-18-12)19-13(20)7-5-9(15)10(16)6-8(7)14(19)21/h3-6,11H,2H2,1H3,(H,17,18). The van der Waals surface area contributed by atoms with Crippen molar-refractivity contribution in [1.29, 1.82) is 0 Å². The van der Waals surface area contributed by atoms with Gasteiger partial charge in [0.15, 0.2) is 11.6 Å². The van der Waals surface area contributed by atoms with E-state index in [1.807, 2.05) is 0 Å². The molecule has 0 bridgehead atoms. The van der Waals surface area contributed by atoms with Crippen LogP contribution in [0.4, 0.5) is 8.78 Å². The Balaban J connectivity index is 2.07. The fraction of sp³-hybridized carbons (Fsp3) is 0.214. The first-order valence-electron chi connectivity index (χ1n) is 6.40. The quantitative estimate of drug-likeness (QED) is 0.883. The lowest BCUT2D eigenvalue weighted by Gasteiger charge is -2.23. The number of rotatable bonds is 3. The molecule has 2 aromatic rings. The molecule has 1 aliphatic rings. The number of nitrogens with zero attached hydrogens (tertiary/aromatic N) is 2. The van der Waals surface area contributed by atoms with Gasteiger partial charge < -0.3 is 4.98 Å². The first-order chi connectivity index (χ1) is 10.0. The van der Waals surface area contributed by atoms with Crippen molar-refractivity contribution in [2.45, 2.75) is 19.4 Å². The van der Waals surface area contributed by atoms with Crippen molar-refractivity contribution in [3.05, 3.63) is 53.1 Å². The van der Waals surface area contributed by atoms with E-state index >= 15 is 0 Å². The van der Waals surface area contributed by atoms with Gasteiger partial charge in [-0.05, 0) is 18.6 Å². The Bertz CT molecular complexity index is 687. The number of hydrogen-bond donors (Lipinski definition) is 1. The van der Waals surface area contributed by atoms with E-state index in [-0.39, 0.29) is 11.1 Å². The van der Waals surface area contributed by atoms with Crippen LogP contribution in [0.25, 0.3) is 0 Å². The summed E-state index contributed by atoms with van der Waals surface area (Å²) in [5, 5.41) is 0.